The summed E-state index contributed by atoms with van der Waals surface area (Å²) in [6, 6.07) is 6.14. The molecule has 2 atom stereocenters. The molecule has 0 aliphatic rings. The lowest BCUT2D eigenvalue weighted by Gasteiger charge is -2.18. The molecule has 0 fully saturated rings. The number of halogens is 1. The SMILES string of the molecule is CC(Sc1nnc(N(C)C)s1)C(N)c1ccc(F)cc1. The van der Waals surface area contributed by atoms with Crippen LogP contribution in [0, 0.1) is 5.82 Å². The van der Waals surface area contributed by atoms with E-state index in [-0.39, 0.29) is 17.1 Å². The molecule has 20 heavy (non-hydrogen) atoms. The minimum absolute atomic E-state index is 0.128. The van der Waals surface area contributed by atoms with Crippen LogP contribution in [0.3, 0.4) is 0 Å². The Morgan fingerprint density at radius 3 is 2.45 bits per heavy atom. The van der Waals surface area contributed by atoms with E-state index in [0.29, 0.717) is 0 Å². The summed E-state index contributed by atoms with van der Waals surface area (Å²) < 4.78 is 13.8. The first kappa shape index (κ1) is 15.2. The summed E-state index contributed by atoms with van der Waals surface area (Å²) in [6.45, 7) is 2.04. The van der Waals surface area contributed by atoms with Crippen molar-refractivity contribution < 1.29 is 4.39 Å². The van der Waals surface area contributed by atoms with Gasteiger partial charge in [-0.15, -0.1) is 10.2 Å². The molecule has 0 aliphatic carbocycles. The molecule has 7 heteroatoms. The lowest BCUT2D eigenvalue weighted by molar-refractivity contribution is 0.624. The molecule has 0 bridgehead atoms. The van der Waals surface area contributed by atoms with Gasteiger partial charge in [0.15, 0.2) is 4.34 Å². The van der Waals surface area contributed by atoms with Crippen LogP contribution >= 0.6 is 23.1 Å². The first-order valence-electron chi connectivity index (χ1n) is 6.16. The average Bonchev–Trinajstić information content (AvgIpc) is 2.87. The third-order valence-corrected chi connectivity index (χ3v) is 5.20. The van der Waals surface area contributed by atoms with Gasteiger partial charge in [0.25, 0.3) is 0 Å². The highest BCUT2D eigenvalue weighted by Gasteiger charge is 2.18. The second kappa shape index (κ2) is 6.51. The van der Waals surface area contributed by atoms with Crippen LogP contribution in [-0.4, -0.2) is 29.5 Å². The molecule has 0 radical (unpaired) electrons. The van der Waals surface area contributed by atoms with Gasteiger partial charge in [0.05, 0.1) is 0 Å². The third-order valence-electron chi connectivity index (χ3n) is 2.83. The fraction of sp³-hybridized carbons (Fsp3) is 0.385. The number of hydrogen-bond acceptors (Lipinski definition) is 6. The van der Waals surface area contributed by atoms with Gasteiger partial charge in [0, 0.05) is 25.4 Å². The fourth-order valence-corrected chi connectivity index (χ4v) is 3.70. The highest BCUT2D eigenvalue weighted by molar-refractivity contribution is 8.01. The Kier molecular flexibility index (Phi) is 4.95. The van der Waals surface area contributed by atoms with Crippen LogP contribution in [0.4, 0.5) is 9.52 Å². The van der Waals surface area contributed by atoms with E-state index in [1.54, 1.807) is 23.9 Å². The number of thioether (sulfide) groups is 1. The lowest BCUT2D eigenvalue weighted by Crippen LogP contribution is -2.20. The maximum atomic E-state index is 12.9. The number of aromatic nitrogens is 2. The van der Waals surface area contributed by atoms with Crippen LogP contribution < -0.4 is 10.6 Å². The van der Waals surface area contributed by atoms with Crippen molar-refractivity contribution >= 4 is 28.2 Å². The predicted octanol–water partition coefficient (Wildman–Crippen LogP) is 2.92. The minimum atomic E-state index is -0.249. The molecule has 0 saturated carbocycles. The lowest BCUT2D eigenvalue weighted by atomic mass is 10.1. The molecule has 108 valence electrons. The highest BCUT2D eigenvalue weighted by atomic mass is 32.2. The maximum absolute atomic E-state index is 12.9. The topological polar surface area (TPSA) is 55.0 Å². The molecule has 0 amide bonds. The van der Waals surface area contributed by atoms with Crippen molar-refractivity contribution in [2.45, 2.75) is 22.6 Å². The summed E-state index contributed by atoms with van der Waals surface area (Å²) in [4.78, 5) is 1.92. The van der Waals surface area contributed by atoms with E-state index in [0.717, 1.165) is 15.0 Å². The van der Waals surface area contributed by atoms with E-state index < -0.39 is 0 Å². The van der Waals surface area contributed by atoms with Crippen molar-refractivity contribution in [2.75, 3.05) is 19.0 Å². The van der Waals surface area contributed by atoms with E-state index >= 15 is 0 Å². The number of anilines is 1. The van der Waals surface area contributed by atoms with Crippen LogP contribution in [-0.2, 0) is 0 Å². The smallest absolute Gasteiger partial charge is 0.208 e. The predicted molar refractivity (Wildman–Crippen MR) is 82.9 cm³/mol. The van der Waals surface area contributed by atoms with Gasteiger partial charge in [-0.25, -0.2) is 4.39 Å². The number of rotatable bonds is 5. The Morgan fingerprint density at radius 1 is 1.25 bits per heavy atom. The summed E-state index contributed by atoms with van der Waals surface area (Å²) >= 11 is 3.12. The van der Waals surface area contributed by atoms with Crippen molar-refractivity contribution in [2.24, 2.45) is 5.73 Å². The van der Waals surface area contributed by atoms with Gasteiger partial charge in [-0.05, 0) is 17.7 Å². The van der Waals surface area contributed by atoms with Crippen LogP contribution in [0.2, 0.25) is 0 Å². The first-order valence-corrected chi connectivity index (χ1v) is 7.85. The summed E-state index contributed by atoms with van der Waals surface area (Å²) in [5.41, 5.74) is 7.13. The molecule has 0 aliphatic heterocycles. The monoisotopic (exact) mass is 312 g/mol. The molecule has 4 nitrogen and oxygen atoms in total. The summed E-state index contributed by atoms with van der Waals surface area (Å²) in [5.74, 6) is -0.249. The molecule has 2 aromatic rings. The molecule has 2 N–H and O–H groups in total. The number of benzene rings is 1. The second-order valence-electron chi connectivity index (χ2n) is 4.65. The molecule has 1 aromatic carbocycles. The van der Waals surface area contributed by atoms with Crippen molar-refractivity contribution in [1.82, 2.24) is 10.2 Å². The molecule has 0 saturated heterocycles. The molecular weight excluding hydrogens is 295 g/mol. The van der Waals surface area contributed by atoms with Gasteiger partial charge < -0.3 is 10.6 Å². The zero-order chi connectivity index (χ0) is 14.7. The van der Waals surface area contributed by atoms with Crippen molar-refractivity contribution in [3.05, 3.63) is 35.6 Å². The summed E-state index contributed by atoms with van der Waals surface area (Å²) in [7, 11) is 3.87. The van der Waals surface area contributed by atoms with Crippen LogP contribution in [0.5, 0.6) is 0 Å². The Bertz CT molecular complexity index is 556. The number of nitrogens with zero attached hydrogens (tertiary/aromatic N) is 3. The average molecular weight is 312 g/mol. The second-order valence-corrected chi connectivity index (χ2v) is 7.23. The number of hydrogen-bond donors (Lipinski definition) is 1. The summed E-state index contributed by atoms with van der Waals surface area (Å²) in [5, 5.41) is 9.24. The van der Waals surface area contributed by atoms with Gasteiger partial charge in [-0.2, -0.15) is 0 Å². The quantitative estimate of drug-likeness (QED) is 0.860. The molecular formula is C13H17FN4S2. The van der Waals surface area contributed by atoms with Gasteiger partial charge >= 0.3 is 0 Å². The maximum Gasteiger partial charge on any atom is 0.208 e. The Hall–Kier alpha value is -1.18. The van der Waals surface area contributed by atoms with Crippen molar-refractivity contribution in [3.63, 3.8) is 0 Å². The van der Waals surface area contributed by atoms with Crippen LogP contribution in [0.15, 0.2) is 28.6 Å². The van der Waals surface area contributed by atoms with Gasteiger partial charge in [0.1, 0.15) is 5.82 Å². The Morgan fingerprint density at radius 2 is 1.90 bits per heavy atom. The van der Waals surface area contributed by atoms with Gasteiger partial charge in [0.2, 0.25) is 5.13 Å². The molecule has 1 aromatic heterocycles. The van der Waals surface area contributed by atoms with Crippen molar-refractivity contribution in [1.29, 1.82) is 0 Å². The van der Waals surface area contributed by atoms with Crippen LogP contribution in [0.1, 0.15) is 18.5 Å². The van der Waals surface area contributed by atoms with E-state index in [9.17, 15) is 4.39 Å². The van der Waals surface area contributed by atoms with E-state index in [4.69, 9.17) is 5.73 Å². The molecule has 2 unspecified atom stereocenters. The van der Waals surface area contributed by atoms with Crippen molar-refractivity contribution in [3.8, 4) is 0 Å². The normalized spacial score (nSPS) is 14.1. The molecule has 1 heterocycles. The standard InChI is InChI=1S/C13H17FN4S2/c1-8(11(15)9-4-6-10(14)7-5-9)19-13-17-16-12(20-13)18(2)3/h4-8,11H,15H2,1-3H3. The van der Waals surface area contributed by atoms with E-state index in [1.165, 1.54) is 23.5 Å². The molecule has 2 rings (SSSR count). The van der Waals surface area contributed by atoms with E-state index in [1.807, 2.05) is 25.9 Å². The third kappa shape index (κ3) is 3.68. The Labute approximate surface area is 126 Å². The zero-order valence-corrected chi connectivity index (χ0v) is 13.2. The van der Waals surface area contributed by atoms with Gasteiger partial charge in [-0.3, -0.25) is 0 Å². The van der Waals surface area contributed by atoms with Crippen LogP contribution in [0.25, 0.3) is 0 Å². The highest BCUT2D eigenvalue weighted by Crippen LogP contribution is 2.34. The first-order chi connectivity index (χ1) is 9.47. The van der Waals surface area contributed by atoms with E-state index in [2.05, 4.69) is 10.2 Å². The molecule has 0 spiro atoms. The largest absolute Gasteiger partial charge is 0.353 e. The fourth-order valence-electron chi connectivity index (χ4n) is 1.62. The number of nitrogens with two attached hydrogens (primary N) is 1. The zero-order valence-electron chi connectivity index (χ0n) is 11.6. The summed E-state index contributed by atoms with van der Waals surface area (Å²) in [6.07, 6.45) is 0. The van der Waals surface area contributed by atoms with Gasteiger partial charge in [-0.1, -0.05) is 42.2 Å². The minimum Gasteiger partial charge on any atom is -0.353 e. The Balaban J connectivity index is 2.03.